The van der Waals surface area contributed by atoms with Gasteiger partial charge in [0.2, 0.25) is 0 Å². The van der Waals surface area contributed by atoms with Crippen molar-refractivity contribution in [1.82, 2.24) is 4.90 Å². The van der Waals surface area contributed by atoms with Crippen molar-refractivity contribution < 1.29 is 32.3 Å². The van der Waals surface area contributed by atoms with Gasteiger partial charge in [-0.2, -0.15) is 13.2 Å². The zero-order valence-corrected chi connectivity index (χ0v) is 18.5. The van der Waals surface area contributed by atoms with E-state index in [-0.39, 0.29) is 18.1 Å². The summed E-state index contributed by atoms with van der Waals surface area (Å²) in [5.41, 5.74) is 2.47. The lowest BCUT2D eigenvalue weighted by atomic mass is 10.0. The third kappa shape index (κ3) is 5.43. The summed E-state index contributed by atoms with van der Waals surface area (Å²) in [6.07, 6.45) is -4.51. The molecule has 0 atom stereocenters. The number of alkyl halides is 3. The molecule has 10 heteroatoms. The van der Waals surface area contributed by atoms with Crippen LogP contribution < -0.4 is 10.6 Å². The summed E-state index contributed by atoms with van der Waals surface area (Å²) < 4.78 is 43.2. The lowest BCUT2D eigenvalue weighted by molar-refractivity contribution is -0.141. The summed E-state index contributed by atoms with van der Waals surface area (Å²) in [5, 5.41) is 4.95. The number of hydrogen-bond acceptors (Lipinski definition) is 4. The number of methoxy groups -OCH3 is 1. The van der Waals surface area contributed by atoms with Crippen LogP contribution in [0, 0.1) is 0 Å². The number of halogens is 3. The van der Waals surface area contributed by atoms with Gasteiger partial charge in [-0.25, -0.2) is 4.79 Å². The van der Waals surface area contributed by atoms with E-state index in [4.69, 9.17) is 0 Å². The second-order valence-corrected chi connectivity index (χ2v) is 7.84. The van der Waals surface area contributed by atoms with Gasteiger partial charge in [0.15, 0.2) is 0 Å². The molecule has 7 nitrogen and oxygen atoms in total. The molecular weight excluding hydrogens is 463 g/mol. The molecule has 3 amide bonds. The predicted molar refractivity (Wildman–Crippen MR) is 123 cm³/mol. The van der Waals surface area contributed by atoms with Crippen LogP contribution in [0.25, 0.3) is 11.1 Å². The van der Waals surface area contributed by atoms with Crippen molar-refractivity contribution in [1.29, 1.82) is 0 Å². The minimum Gasteiger partial charge on any atom is -0.468 e. The molecule has 1 aliphatic rings. The van der Waals surface area contributed by atoms with E-state index in [2.05, 4.69) is 15.4 Å². The summed E-state index contributed by atoms with van der Waals surface area (Å²) in [7, 11) is 1.27. The number of ether oxygens (including phenoxy) is 1. The van der Waals surface area contributed by atoms with Gasteiger partial charge in [-0.1, -0.05) is 30.3 Å². The molecule has 0 aliphatic carbocycles. The molecule has 3 aromatic rings. The average Bonchev–Trinajstić information content (AvgIpc) is 3.13. The van der Waals surface area contributed by atoms with E-state index in [1.54, 1.807) is 30.3 Å². The molecule has 0 bridgehead atoms. The Bertz CT molecular complexity index is 1290. The van der Waals surface area contributed by atoms with Crippen molar-refractivity contribution in [2.75, 3.05) is 24.3 Å². The predicted octanol–water partition coefficient (Wildman–Crippen LogP) is 5.15. The van der Waals surface area contributed by atoms with E-state index in [1.807, 2.05) is 12.1 Å². The lowest BCUT2D eigenvalue weighted by Gasteiger charge is -2.13. The summed E-state index contributed by atoms with van der Waals surface area (Å²) in [6.45, 7) is 0.204. The number of hydrogen-bond donors (Lipinski definition) is 2. The molecule has 0 spiro atoms. The maximum atomic E-state index is 12.8. The van der Waals surface area contributed by atoms with Crippen LogP contribution in [0.4, 0.5) is 29.3 Å². The van der Waals surface area contributed by atoms with Crippen molar-refractivity contribution in [3.05, 3.63) is 83.4 Å². The zero-order valence-electron chi connectivity index (χ0n) is 18.5. The monoisotopic (exact) mass is 483 g/mol. The van der Waals surface area contributed by atoms with Gasteiger partial charge in [0.05, 0.1) is 12.7 Å². The Morgan fingerprint density at radius 1 is 0.943 bits per heavy atom. The molecule has 0 saturated carbocycles. The van der Waals surface area contributed by atoms with Crippen molar-refractivity contribution >= 4 is 29.3 Å². The van der Waals surface area contributed by atoms with Gasteiger partial charge >= 0.3 is 18.2 Å². The Balaban J connectivity index is 1.42. The number of anilines is 2. The number of benzene rings is 3. The molecule has 0 fully saturated rings. The second kappa shape index (κ2) is 9.49. The van der Waals surface area contributed by atoms with Crippen molar-refractivity contribution in [3.8, 4) is 11.1 Å². The number of urea groups is 1. The Hall–Kier alpha value is -4.34. The van der Waals surface area contributed by atoms with Crippen LogP contribution in [-0.4, -0.2) is 36.5 Å². The zero-order chi connectivity index (χ0) is 25.2. The number of esters is 1. The third-order valence-electron chi connectivity index (χ3n) is 5.46. The molecule has 1 heterocycles. The normalized spacial score (nSPS) is 12.8. The molecule has 1 aliphatic heterocycles. The fourth-order valence-corrected chi connectivity index (χ4v) is 3.70. The van der Waals surface area contributed by atoms with Crippen molar-refractivity contribution in [2.45, 2.75) is 12.7 Å². The second-order valence-electron chi connectivity index (χ2n) is 7.84. The Morgan fingerprint density at radius 2 is 1.63 bits per heavy atom. The lowest BCUT2D eigenvalue weighted by Crippen LogP contribution is -2.30. The minimum absolute atomic E-state index is 0.0120. The molecule has 180 valence electrons. The Morgan fingerprint density at radius 3 is 2.31 bits per heavy atom. The molecule has 4 rings (SSSR count). The van der Waals surface area contributed by atoms with Gasteiger partial charge in [-0.3, -0.25) is 9.59 Å². The first-order valence-electron chi connectivity index (χ1n) is 10.5. The highest BCUT2D eigenvalue weighted by Gasteiger charge is 2.31. The van der Waals surface area contributed by atoms with E-state index >= 15 is 0 Å². The highest BCUT2D eigenvalue weighted by Crippen LogP contribution is 2.31. The average molecular weight is 483 g/mol. The minimum atomic E-state index is -4.51. The highest BCUT2D eigenvalue weighted by atomic mass is 19.4. The van der Waals surface area contributed by atoms with Crippen LogP contribution in [0.5, 0.6) is 0 Å². The van der Waals surface area contributed by atoms with Crippen LogP contribution in [0.15, 0.2) is 66.7 Å². The maximum Gasteiger partial charge on any atom is 0.416 e. The van der Waals surface area contributed by atoms with E-state index in [9.17, 15) is 27.6 Å². The standard InChI is InChI=1S/C25H20F3N3O4/c1-35-22(32)14-31-13-17-6-5-16(11-21(17)23(31)33)15-7-9-19(10-8-15)29-24(34)30-20-4-2-3-18(12-20)25(26,27)28/h2-12H,13-14H2,1H3,(H2,29,30,34). The summed E-state index contributed by atoms with van der Waals surface area (Å²) >= 11 is 0. The first-order chi connectivity index (χ1) is 16.6. The number of amides is 3. The van der Waals surface area contributed by atoms with Crippen LogP contribution in [0.2, 0.25) is 0 Å². The first-order valence-corrected chi connectivity index (χ1v) is 10.5. The fourth-order valence-electron chi connectivity index (χ4n) is 3.70. The van der Waals surface area contributed by atoms with Crippen LogP contribution in [0.3, 0.4) is 0 Å². The SMILES string of the molecule is COC(=O)CN1Cc2ccc(-c3ccc(NC(=O)Nc4cccc(C(F)(F)F)c4)cc3)cc2C1=O. The number of carbonyl (C=O) groups is 3. The van der Waals surface area contributed by atoms with Gasteiger partial charge in [0, 0.05) is 23.5 Å². The van der Waals surface area contributed by atoms with Crippen LogP contribution >= 0.6 is 0 Å². The summed E-state index contributed by atoms with van der Waals surface area (Å²) in [5.74, 6) is -0.747. The van der Waals surface area contributed by atoms with Gasteiger partial charge in [0.1, 0.15) is 6.54 Å². The van der Waals surface area contributed by atoms with Gasteiger partial charge < -0.3 is 20.3 Å². The Labute approximate surface area is 198 Å². The molecule has 35 heavy (non-hydrogen) atoms. The van der Waals surface area contributed by atoms with E-state index in [1.165, 1.54) is 24.1 Å². The van der Waals surface area contributed by atoms with Crippen molar-refractivity contribution in [2.24, 2.45) is 0 Å². The largest absolute Gasteiger partial charge is 0.468 e. The molecule has 0 unspecified atom stereocenters. The van der Waals surface area contributed by atoms with Crippen LogP contribution in [-0.2, 0) is 22.3 Å². The number of nitrogens with zero attached hydrogens (tertiary/aromatic N) is 1. The number of fused-ring (bicyclic) bond motifs is 1. The van der Waals surface area contributed by atoms with Gasteiger partial charge in [-0.15, -0.1) is 0 Å². The van der Waals surface area contributed by atoms with Gasteiger partial charge in [0.25, 0.3) is 5.91 Å². The third-order valence-corrected chi connectivity index (χ3v) is 5.46. The van der Waals surface area contributed by atoms with E-state index < -0.39 is 23.7 Å². The molecule has 3 aromatic carbocycles. The molecule has 0 radical (unpaired) electrons. The van der Waals surface area contributed by atoms with E-state index in [0.717, 1.165) is 28.8 Å². The van der Waals surface area contributed by atoms with Gasteiger partial charge in [-0.05, 0) is 53.1 Å². The quantitative estimate of drug-likeness (QED) is 0.492. The first kappa shape index (κ1) is 23.8. The Kier molecular flexibility index (Phi) is 6.46. The highest BCUT2D eigenvalue weighted by molar-refractivity contribution is 6.01. The number of carbonyl (C=O) groups excluding carboxylic acids is 3. The molecule has 0 aromatic heterocycles. The fraction of sp³-hybridized carbons (Fsp3) is 0.160. The maximum absolute atomic E-state index is 12.8. The molecule has 2 N–H and O–H groups in total. The summed E-state index contributed by atoms with van der Waals surface area (Å²) in [6, 6.07) is 15.9. The smallest absolute Gasteiger partial charge is 0.416 e. The topological polar surface area (TPSA) is 87.7 Å². The number of rotatable bonds is 5. The molecular formula is C25H20F3N3O4. The van der Waals surface area contributed by atoms with Crippen molar-refractivity contribution in [3.63, 3.8) is 0 Å². The summed E-state index contributed by atoms with van der Waals surface area (Å²) in [4.78, 5) is 37.8. The van der Waals surface area contributed by atoms with E-state index in [0.29, 0.717) is 17.8 Å². The number of nitrogens with one attached hydrogen (secondary N) is 2. The molecule has 0 saturated heterocycles. The van der Waals surface area contributed by atoms with Crippen LogP contribution in [0.1, 0.15) is 21.5 Å².